The van der Waals surface area contributed by atoms with Gasteiger partial charge in [0, 0.05) is 19.0 Å². The van der Waals surface area contributed by atoms with Crippen LogP contribution in [0, 0.1) is 11.3 Å². The van der Waals surface area contributed by atoms with Crippen molar-refractivity contribution in [2.75, 3.05) is 6.54 Å². The SMILES string of the molecule is CC(C)CC1(CNC(=O)CC(C)N)CC1.Cl. The van der Waals surface area contributed by atoms with Crippen LogP contribution in [0.1, 0.15) is 46.5 Å². The highest BCUT2D eigenvalue weighted by atomic mass is 35.5. The number of nitrogens with two attached hydrogens (primary N) is 1. The molecule has 0 saturated heterocycles. The van der Waals surface area contributed by atoms with Crippen molar-refractivity contribution in [2.24, 2.45) is 17.1 Å². The van der Waals surface area contributed by atoms with E-state index in [1.807, 2.05) is 6.92 Å². The summed E-state index contributed by atoms with van der Waals surface area (Å²) < 4.78 is 0. The molecule has 16 heavy (non-hydrogen) atoms. The molecule has 4 heteroatoms. The molecular formula is C12H25ClN2O. The minimum atomic E-state index is -0.0368. The average molecular weight is 249 g/mol. The van der Waals surface area contributed by atoms with Gasteiger partial charge in [-0.05, 0) is 37.5 Å². The molecule has 0 spiro atoms. The molecule has 0 heterocycles. The largest absolute Gasteiger partial charge is 0.355 e. The monoisotopic (exact) mass is 248 g/mol. The van der Waals surface area contributed by atoms with Crippen LogP contribution in [0.4, 0.5) is 0 Å². The Hall–Kier alpha value is -0.280. The van der Waals surface area contributed by atoms with Crippen LogP contribution < -0.4 is 11.1 Å². The fourth-order valence-electron chi connectivity index (χ4n) is 2.15. The Labute approximate surface area is 105 Å². The van der Waals surface area contributed by atoms with Gasteiger partial charge in [-0.2, -0.15) is 0 Å². The van der Waals surface area contributed by atoms with Gasteiger partial charge in [0.05, 0.1) is 0 Å². The lowest BCUT2D eigenvalue weighted by Gasteiger charge is -2.18. The Balaban J connectivity index is 0.00000225. The number of carbonyl (C=O) groups is 1. The molecule has 1 aliphatic rings. The number of halogens is 1. The Morgan fingerprint density at radius 3 is 2.31 bits per heavy atom. The van der Waals surface area contributed by atoms with Gasteiger partial charge in [0.1, 0.15) is 0 Å². The molecule has 0 aromatic heterocycles. The normalized spacial score (nSPS) is 18.8. The third-order valence-corrected chi connectivity index (χ3v) is 2.97. The third kappa shape index (κ3) is 5.71. The molecule has 3 N–H and O–H groups in total. The number of hydrogen-bond acceptors (Lipinski definition) is 2. The highest BCUT2D eigenvalue weighted by molar-refractivity contribution is 5.85. The summed E-state index contributed by atoms with van der Waals surface area (Å²) in [7, 11) is 0. The van der Waals surface area contributed by atoms with Crippen molar-refractivity contribution >= 4 is 18.3 Å². The Bertz CT molecular complexity index is 225. The van der Waals surface area contributed by atoms with Gasteiger partial charge in [-0.25, -0.2) is 0 Å². The number of amides is 1. The van der Waals surface area contributed by atoms with E-state index in [2.05, 4.69) is 19.2 Å². The van der Waals surface area contributed by atoms with Crippen LogP contribution in [0.3, 0.4) is 0 Å². The minimum Gasteiger partial charge on any atom is -0.355 e. The van der Waals surface area contributed by atoms with Gasteiger partial charge in [0.2, 0.25) is 5.91 Å². The van der Waals surface area contributed by atoms with E-state index < -0.39 is 0 Å². The van der Waals surface area contributed by atoms with Crippen molar-refractivity contribution in [3.63, 3.8) is 0 Å². The standard InChI is InChI=1S/C12H24N2O.ClH/c1-9(2)7-12(4-5-12)8-14-11(15)6-10(3)13;/h9-10H,4-8,13H2,1-3H3,(H,14,15);1H. The topological polar surface area (TPSA) is 55.1 Å². The summed E-state index contributed by atoms with van der Waals surface area (Å²) in [6.07, 6.45) is 4.20. The van der Waals surface area contributed by atoms with E-state index in [9.17, 15) is 4.79 Å². The first-order chi connectivity index (χ1) is 6.93. The summed E-state index contributed by atoms with van der Waals surface area (Å²) in [5.41, 5.74) is 5.99. The molecule has 0 aromatic carbocycles. The van der Waals surface area contributed by atoms with Gasteiger partial charge in [-0.15, -0.1) is 12.4 Å². The predicted molar refractivity (Wildman–Crippen MR) is 69.6 cm³/mol. The van der Waals surface area contributed by atoms with E-state index in [4.69, 9.17) is 5.73 Å². The van der Waals surface area contributed by atoms with Crippen LogP contribution in [0.5, 0.6) is 0 Å². The first-order valence-electron chi connectivity index (χ1n) is 5.96. The summed E-state index contributed by atoms with van der Waals surface area (Å²) >= 11 is 0. The van der Waals surface area contributed by atoms with Crippen molar-refractivity contribution in [3.05, 3.63) is 0 Å². The average Bonchev–Trinajstić information content (AvgIpc) is 2.80. The quantitative estimate of drug-likeness (QED) is 0.756. The molecule has 96 valence electrons. The van der Waals surface area contributed by atoms with E-state index in [0.717, 1.165) is 12.5 Å². The fraction of sp³-hybridized carbons (Fsp3) is 0.917. The van der Waals surface area contributed by atoms with E-state index >= 15 is 0 Å². The lowest BCUT2D eigenvalue weighted by Crippen LogP contribution is -2.34. The maximum absolute atomic E-state index is 11.4. The first-order valence-corrected chi connectivity index (χ1v) is 5.96. The van der Waals surface area contributed by atoms with Crippen LogP contribution in [0.25, 0.3) is 0 Å². The van der Waals surface area contributed by atoms with Crippen molar-refractivity contribution in [2.45, 2.75) is 52.5 Å². The Morgan fingerprint density at radius 1 is 1.38 bits per heavy atom. The zero-order chi connectivity index (χ0) is 11.5. The molecule has 3 nitrogen and oxygen atoms in total. The van der Waals surface area contributed by atoms with Gasteiger partial charge in [0.15, 0.2) is 0 Å². The Kier molecular flexibility index (Phi) is 6.34. The van der Waals surface area contributed by atoms with E-state index in [-0.39, 0.29) is 24.4 Å². The highest BCUT2D eigenvalue weighted by Gasteiger charge is 2.42. The van der Waals surface area contributed by atoms with Gasteiger partial charge in [0.25, 0.3) is 0 Å². The maximum atomic E-state index is 11.4. The third-order valence-electron chi connectivity index (χ3n) is 2.97. The zero-order valence-corrected chi connectivity index (χ0v) is 11.4. The van der Waals surface area contributed by atoms with Gasteiger partial charge in [-0.3, -0.25) is 4.79 Å². The molecule has 0 bridgehead atoms. The van der Waals surface area contributed by atoms with Gasteiger partial charge in [-0.1, -0.05) is 13.8 Å². The number of rotatable bonds is 6. The summed E-state index contributed by atoms with van der Waals surface area (Å²) in [4.78, 5) is 11.4. The zero-order valence-electron chi connectivity index (χ0n) is 10.6. The second-order valence-corrected chi connectivity index (χ2v) is 5.56. The van der Waals surface area contributed by atoms with Crippen LogP contribution in [0.2, 0.25) is 0 Å². The fourth-order valence-corrected chi connectivity index (χ4v) is 2.15. The van der Waals surface area contributed by atoms with E-state index in [1.54, 1.807) is 0 Å². The lowest BCUT2D eigenvalue weighted by molar-refractivity contribution is -0.121. The van der Waals surface area contributed by atoms with Crippen molar-refractivity contribution in [1.82, 2.24) is 5.32 Å². The second kappa shape index (κ2) is 6.45. The van der Waals surface area contributed by atoms with Crippen LogP contribution in [-0.4, -0.2) is 18.5 Å². The minimum absolute atomic E-state index is 0. The smallest absolute Gasteiger partial charge is 0.221 e. The molecule has 0 radical (unpaired) electrons. The van der Waals surface area contributed by atoms with Gasteiger partial charge >= 0.3 is 0 Å². The second-order valence-electron chi connectivity index (χ2n) is 5.56. The lowest BCUT2D eigenvalue weighted by atomic mass is 9.94. The summed E-state index contributed by atoms with van der Waals surface area (Å²) in [5.74, 6) is 0.817. The molecule has 1 aliphatic carbocycles. The maximum Gasteiger partial charge on any atom is 0.221 e. The molecule has 1 amide bonds. The summed E-state index contributed by atoms with van der Waals surface area (Å²) in [5, 5.41) is 3.00. The van der Waals surface area contributed by atoms with Crippen LogP contribution >= 0.6 is 12.4 Å². The molecule has 1 saturated carbocycles. The van der Waals surface area contributed by atoms with Crippen molar-refractivity contribution in [3.8, 4) is 0 Å². The molecule has 1 fully saturated rings. The molecule has 0 aromatic rings. The number of nitrogens with one attached hydrogen (secondary N) is 1. The molecular weight excluding hydrogens is 224 g/mol. The molecule has 1 rings (SSSR count). The highest BCUT2D eigenvalue weighted by Crippen LogP contribution is 2.49. The number of hydrogen-bond donors (Lipinski definition) is 2. The van der Waals surface area contributed by atoms with Crippen LogP contribution in [-0.2, 0) is 4.79 Å². The van der Waals surface area contributed by atoms with Crippen molar-refractivity contribution in [1.29, 1.82) is 0 Å². The van der Waals surface area contributed by atoms with Crippen molar-refractivity contribution < 1.29 is 4.79 Å². The molecule has 1 atom stereocenters. The van der Waals surface area contributed by atoms with E-state index in [1.165, 1.54) is 19.3 Å². The predicted octanol–water partition coefficient (Wildman–Crippen LogP) is 2.09. The summed E-state index contributed by atoms with van der Waals surface area (Å²) in [6.45, 7) is 7.19. The Morgan fingerprint density at radius 2 is 1.94 bits per heavy atom. The first kappa shape index (κ1) is 15.7. The van der Waals surface area contributed by atoms with Gasteiger partial charge < -0.3 is 11.1 Å². The molecule has 0 aliphatic heterocycles. The summed E-state index contributed by atoms with van der Waals surface area (Å²) in [6, 6.07) is -0.0368. The molecule has 1 unspecified atom stereocenters. The van der Waals surface area contributed by atoms with E-state index in [0.29, 0.717) is 11.8 Å². The van der Waals surface area contributed by atoms with Crippen LogP contribution in [0.15, 0.2) is 0 Å². The number of carbonyl (C=O) groups excluding carboxylic acids is 1.